The number of anilines is 1. The van der Waals surface area contributed by atoms with E-state index in [1.165, 1.54) is 6.20 Å². The van der Waals surface area contributed by atoms with E-state index in [9.17, 15) is 4.79 Å². The molecule has 140 valence electrons. The Morgan fingerprint density at radius 2 is 1.78 bits per heavy atom. The number of benzene rings is 1. The maximum atomic E-state index is 12.5. The maximum Gasteiger partial charge on any atom is 0.494 e. The van der Waals surface area contributed by atoms with Gasteiger partial charge in [-0.1, -0.05) is 18.2 Å². The van der Waals surface area contributed by atoms with Crippen LogP contribution in [0.5, 0.6) is 0 Å². The van der Waals surface area contributed by atoms with Crippen LogP contribution in [0.2, 0.25) is 0 Å². The average Bonchev–Trinajstić information content (AvgIpc) is 3.13. The number of nitrogens with zero attached hydrogens (tertiary/aromatic N) is 3. The molecule has 2 aliphatic heterocycles. The first kappa shape index (κ1) is 17.9. The van der Waals surface area contributed by atoms with E-state index >= 15 is 0 Å². The van der Waals surface area contributed by atoms with Gasteiger partial charge in [0.05, 0.1) is 29.3 Å². The Kier molecular flexibility index (Phi) is 4.20. The number of hydrogen-bond acceptors (Lipinski definition) is 5. The Labute approximate surface area is 159 Å². The van der Waals surface area contributed by atoms with Gasteiger partial charge in [-0.15, -0.1) is 0 Å². The Balaban J connectivity index is 1.47. The van der Waals surface area contributed by atoms with Crippen molar-refractivity contribution in [3.05, 3.63) is 47.8 Å². The lowest BCUT2D eigenvalue weighted by Gasteiger charge is -2.32. The van der Waals surface area contributed by atoms with Crippen LogP contribution < -0.4 is 10.8 Å². The Hall–Kier alpha value is -2.45. The van der Waals surface area contributed by atoms with Gasteiger partial charge in [-0.3, -0.25) is 0 Å². The number of hydrogen-bond donors (Lipinski definition) is 1. The minimum Gasteiger partial charge on any atom is -0.399 e. The van der Waals surface area contributed by atoms with Crippen LogP contribution >= 0.6 is 0 Å². The molecule has 8 heteroatoms. The summed E-state index contributed by atoms with van der Waals surface area (Å²) in [6.45, 7) is 9.29. The fourth-order valence-corrected chi connectivity index (χ4v) is 3.25. The number of rotatable bonds is 2. The zero-order chi connectivity index (χ0) is 19.2. The minimum atomic E-state index is -0.397. The van der Waals surface area contributed by atoms with Crippen LogP contribution in [0.15, 0.2) is 36.7 Å². The molecule has 0 aliphatic carbocycles. The Morgan fingerprint density at radius 3 is 2.44 bits per heavy atom. The van der Waals surface area contributed by atoms with E-state index in [1.54, 1.807) is 17.2 Å². The number of amides is 2. The highest BCUT2D eigenvalue weighted by Crippen LogP contribution is 2.36. The fourth-order valence-electron chi connectivity index (χ4n) is 3.25. The Morgan fingerprint density at radius 1 is 1.07 bits per heavy atom. The number of fused-ring (bicyclic) bond motifs is 1. The molecule has 3 heterocycles. The van der Waals surface area contributed by atoms with Crippen LogP contribution in [0.25, 0.3) is 0 Å². The van der Waals surface area contributed by atoms with Gasteiger partial charge in [0.25, 0.3) is 0 Å². The molecule has 27 heavy (non-hydrogen) atoms. The van der Waals surface area contributed by atoms with Crippen molar-refractivity contribution in [3.63, 3.8) is 0 Å². The first-order valence-corrected chi connectivity index (χ1v) is 9.05. The summed E-state index contributed by atoms with van der Waals surface area (Å²) in [6.07, 6.45) is 3.07. The van der Waals surface area contributed by atoms with Crippen LogP contribution in [0.4, 0.5) is 10.5 Å². The summed E-state index contributed by atoms with van der Waals surface area (Å²) in [5, 5.41) is 10.3. The molecule has 0 atom stereocenters. The van der Waals surface area contributed by atoms with E-state index in [-0.39, 0.29) is 17.2 Å². The van der Waals surface area contributed by atoms with Crippen molar-refractivity contribution in [2.45, 2.75) is 52.0 Å². The SMILES string of the molecule is CC1(C)OB(c2ccc3c(c2)CN(C(=O)Nc2ccnnc2)C3)OC1(C)C. The van der Waals surface area contributed by atoms with E-state index in [0.717, 1.165) is 16.6 Å². The number of carbonyl (C=O) groups excluding carboxylic acids is 1. The van der Waals surface area contributed by atoms with Crippen LogP contribution in [-0.2, 0) is 22.4 Å². The van der Waals surface area contributed by atoms with E-state index in [2.05, 4.69) is 27.6 Å². The third-order valence-corrected chi connectivity index (χ3v) is 5.60. The molecule has 0 saturated carbocycles. The first-order chi connectivity index (χ1) is 12.7. The van der Waals surface area contributed by atoms with Crippen molar-refractivity contribution in [1.29, 1.82) is 0 Å². The molecular formula is C19H23BN4O3. The smallest absolute Gasteiger partial charge is 0.399 e. The summed E-state index contributed by atoms with van der Waals surface area (Å²) in [4.78, 5) is 14.3. The lowest BCUT2D eigenvalue weighted by molar-refractivity contribution is 0.00578. The third kappa shape index (κ3) is 3.30. The molecule has 4 rings (SSSR count). The third-order valence-electron chi connectivity index (χ3n) is 5.60. The van der Waals surface area contributed by atoms with Crippen LogP contribution in [0.3, 0.4) is 0 Å². The van der Waals surface area contributed by atoms with E-state index in [4.69, 9.17) is 9.31 Å². The number of carbonyl (C=O) groups is 1. The highest BCUT2D eigenvalue weighted by atomic mass is 16.7. The van der Waals surface area contributed by atoms with Gasteiger partial charge in [-0.2, -0.15) is 10.2 Å². The second kappa shape index (κ2) is 6.32. The summed E-state index contributed by atoms with van der Waals surface area (Å²) >= 11 is 0. The molecule has 2 aromatic rings. The van der Waals surface area contributed by atoms with Gasteiger partial charge in [0.2, 0.25) is 0 Å². The summed E-state index contributed by atoms with van der Waals surface area (Å²) < 4.78 is 12.3. The lowest BCUT2D eigenvalue weighted by Crippen LogP contribution is -2.41. The molecule has 0 spiro atoms. The monoisotopic (exact) mass is 366 g/mol. The quantitative estimate of drug-likeness (QED) is 0.826. The van der Waals surface area contributed by atoms with E-state index < -0.39 is 7.12 Å². The lowest BCUT2D eigenvalue weighted by atomic mass is 9.78. The summed E-state index contributed by atoms with van der Waals surface area (Å²) in [5.74, 6) is 0. The molecule has 1 aromatic heterocycles. The van der Waals surface area contributed by atoms with Gasteiger partial charge in [-0.25, -0.2) is 4.79 Å². The highest BCUT2D eigenvalue weighted by molar-refractivity contribution is 6.62. The average molecular weight is 366 g/mol. The van der Waals surface area contributed by atoms with Crippen LogP contribution in [0.1, 0.15) is 38.8 Å². The number of nitrogens with one attached hydrogen (secondary N) is 1. The summed E-state index contributed by atoms with van der Waals surface area (Å²) in [7, 11) is -0.397. The molecule has 1 aromatic carbocycles. The number of aromatic nitrogens is 2. The van der Waals surface area contributed by atoms with E-state index in [1.807, 2.05) is 33.8 Å². The first-order valence-electron chi connectivity index (χ1n) is 9.05. The van der Waals surface area contributed by atoms with Gasteiger partial charge < -0.3 is 19.5 Å². The standard InChI is InChI=1S/C19H23BN4O3/c1-18(2)19(3,4)27-20(26-18)15-6-5-13-11-24(12-14(13)9-15)17(25)23-16-7-8-21-22-10-16/h5-10H,11-12H2,1-4H3,(H,21,23,25). The van der Waals surface area contributed by atoms with Crippen LogP contribution in [0, 0.1) is 0 Å². The van der Waals surface area contributed by atoms with Gasteiger partial charge in [0.1, 0.15) is 0 Å². The predicted octanol–water partition coefficient (Wildman–Crippen LogP) is 2.32. The molecule has 7 nitrogen and oxygen atoms in total. The topological polar surface area (TPSA) is 76.6 Å². The van der Waals surface area contributed by atoms with Gasteiger partial charge in [-0.05, 0) is 50.4 Å². The predicted molar refractivity (Wildman–Crippen MR) is 102 cm³/mol. The molecular weight excluding hydrogens is 343 g/mol. The molecule has 0 radical (unpaired) electrons. The molecule has 1 saturated heterocycles. The molecule has 1 fully saturated rings. The van der Waals surface area contributed by atoms with Crippen molar-refractivity contribution in [2.24, 2.45) is 0 Å². The normalized spacial score (nSPS) is 19.9. The van der Waals surface area contributed by atoms with Crippen molar-refractivity contribution in [3.8, 4) is 0 Å². The summed E-state index contributed by atoms with van der Waals surface area (Å²) in [6, 6.07) is 7.71. The van der Waals surface area contributed by atoms with Gasteiger partial charge >= 0.3 is 13.1 Å². The molecule has 0 unspecified atom stereocenters. The van der Waals surface area contributed by atoms with Gasteiger partial charge in [0.15, 0.2) is 0 Å². The molecule has 0 bridgehead atoms. The van der Waals surface area contributed by atoms with Gasteiger partial charge in [0, 0.05) is 13.1 Å². The summed E-state index contributed by atoms with van der Waals surface area (Å²) in [5.41, 5.74) is 3.11. The Bertz CT molecular complexity index is 857. The highest BCUT2D eigenvalue weighted by Gasteiger charge is 2.51. The van der Waals surface area contributed by atoms with Crippen molar-refractivity contribution >= 4 is 24.3 Å². The molecule has 1 N–H and O–H groups in total. The van der Waals surface area contributed by atoms with Crippen molar-refractivity contribution in [1.82, 2.24) is 15.1 Å². The second-order valence-corrected chi connectivity index (χ2v) is 8.03. The number of urea groups is 1. The van der Waals surface area contributed by atoms with Crippen molar-refractivity contribution in [2.75, 3.05) is 5.32 Å². The largest absolute Gasteiger partial charge is 0.494 e. The van der Waals surface area contributed by atoms with E-state index in [0.29, 0.717) is 18.8 Å². The zero-order valence-electron chi connectivity index (χ0n) is 16.0. The van der Waals surface area contributed by atoms with Crippen LogP contribution in [-0.4, -0.2) is 39.4 Å². The van der Waals surface area contributed by atoms with Crippen molar-refractivity contribution < 1.29 is 14.1 Å². The molecule has 2 amide bonds. The molecule has 2 aliphatic rings. The maximum absolute atomic E-state index is 12.5. The zero-order valence-corrected chi connectivity index (χ0v) is 16.0. The second-order valence-electron chi connectivity index (χ2n) is 8.03. The minimum absolute atomic E-state index is 0.156. The fraction of sp³-hybridized carbons (Fsp3) is 0.421.